The van der Waals surface area contributed by atoms with E-state index in [2.05, 4.69) is 10.7 Å². The highest BCUT2D eigenvalue weighted by Gasteiger charge is 2.32. The van der Waals surface area contributed by atoms with Crippen molar-refractivity contribution >= 4 is 40.5 Å². The van der Waals surface area contributed by atoms with E-state index >= 15 is 0 Å². The number of thioether (sulfide) groups is 2. The lowest BCUT2D eigenvalue weighted by atomic mass is 10.3. The monoisotopic (exact) mass is 319 g/mol. The maximum absolute atomic E-state index is 11.3. The van der Waals surface area contributed by atoms with Gasteiger partial charge in [-0.25, -0.2) is 0 Å². The van der Waals surface area contributed by atoms with Gasteiger partial charge in [0.05, 0.1) is 12.7 Å². The predicted molar refractivity (Wildman–Crippen MR) is 76.7 cm³/mol. The Balaban J connectivity index is 1.74. The van der Waals surface area contributed by atoms with E-state index in [1.165, 1.54) is 23.5 Å². The van der Waals surface area contributed by atoms with Gasteiger partial charge in [-0.1, -0.05) is 11.8 Å². The number of carbonyl (C=O) groups is 3. The lowest BCUT2D eigenvalue weighted by Gasteiger charge is -2.32. The molecule has 2 N–H and O–H groups in total. The van der Waals surface area contributed by atoms with Crippen LogP contribution in [0.1, 0.15) is 13.3 Å². The van der Waals surface area contributed by atoms with Gasteiger partial charge in [-0.15, -0.1) is 11.8 Å². The summed E-state index contributed by atoms with van der Waals surface area (Å²) >= 11 is 2.81. The van der Waals surface area contributed by atoms with Crippen LogP contribution in [0.2, 0.25) is 0 Å². The van der Waals surface area contributed by atoms with Gasteiger partial charge >= 0.3 is 11.8 Å². The van der Waals surface area contributed by atoms with E-state index in [4.69, 9.17) is 4.74 Å². The van der Waals surface area contributed by atoms with Gasteiger partial charge in [0.15, 0.2) is 5.12 Å². The molecule has 7 nitrogen and oxygen atoms in total. The van der Waals surface area contributed by atoms with Gasteiger partial charge < -0.3 is 10.1 Å². The van der Waals surface area contributed by atoms with Gasteiger partial charge in [0.25, 0.3) is 0 Å². The van der Waals surface area contributed by atoms with E-state index in [1.807, 2.05) is 0 Å². The summed E-state index contributed by atoms with van der Waals surface area (Å²) in [7, 11) is 1.69. The highest BCUT2D eigenvalue weighted by Crippen LogP contribution is 2.28. The molecule has 3 atom stereocenters. The molecule has 2 rings (SSSR count). The Hall–Kier alpha value is -0.770. The lowest BCUT2D eigenvalue weighted by molar-refractivity contribution is -0.146. The Labute approximate surface area is 125 Å². The number of nitrogens with zero attached hydrogens (tertiary/aromatic N) is 1. The Morgan fingerprint density at radius 3 is 2.90 bits per heavy atom. The zero-order valence-electron chi connectivity index (χ0n) is 11.3. The van der Waals surface area contributed by atoms with Crippen molar-refractivity contribution in [2.24, 2.45) is 0 Å². The topological polar surface area (TPSA) is 87.7 Å². The second-order valence-corrected chi connectivity index (χ2v) is 7.22. The zero-order valence-corrected chi connectivity index (χ0v) is 12.9. The number of ether oxygens (including phenoxy) is 1. The molecular formula is C11H17N3O4S2. The number of rotatable bonds is 4. The summed E-state index contributed by atoms with van der Waals surface area (Å²) in [4.78, 5) is 33.4. The summed E-state index contributed by atoms with van der Waals surface area (Å²) in [6.45, 7) is 2.14. The van der Waals surface area contributed by atoms with Crippen LogP contribution in [0.5, 0.6) is 0 Å². The van der Waals surface area contributed by atoms with Crippen LogP contribution in [-0.2, 0) is 19.1 Å². The van der Waals surface area contributed by atoms with Crippen LogP contribution in [0.25, 0.3) is 0 Å². The molecule has 20 heavy (non-hydrogen) atoms. The Morgan fingerprint density at radius 2 is 2.20 bits per heavy atom. The van der Waals surface area contributed by atoms with Crippen molar-refractivity contribution in [2.45, 2.75) is 30.2 Å². The minimum atomic E-state index is -0.653. The van der Waals surface area contributed by atoms with Crippen LogP contribution >= 0.6 is 23.5 Å². The first-order chi connectivity index (χ1) is 9.45. The maximum atomic E-state index is 11.3. The first-order valence-electron chi connectivity index (χ1n) is 6.20. The number of hydrazine groups is 1. The van der Waals surface area contributed by atoms with Crippen LogP contribution in [0.3, 0.4) is 0 Å². The van der Waals surface area contributed by atoms with Crippen molar-refractivity contribution in [3.63, 3.8) is 0 Å². The first-order valence-corrected chi connectivity index (χ1v) is 8.13. The summed E-state index contributed by atoms with van der Waals surface area (Å²) in [5.41, 5.74) is 2.16. The molecule has 2 heterocycles. The van der Waals surface area contributed by atoms with Gasteiger partial charge in [-0.05, 0) is 6.42 Å². The maximum Gasteiger partial charge on any atom is 0.323 e. The predicted octanol–water partition coefficient (Wildman–Crippen LogP) is -0.467. The van der Waals surface area contributed by atoms with Gasteiger partial charge in [0.1, 0.15) is 5.50 Å². The standard InChI is InChI=1S/C11H17N3O4S2/c1-6(15)20-8-3-7(18-4-8)5-19-11-12-9(16)10(17)13-14(11)2/h7-8,11H,3-5H2,1-2H3,(H,12,16)(H,13,17)/t7-,8+,11?/m0/s1. The molecule has 0 bridgehead atoms. The molecular weight excluding hydrogens is 302 g/mol. The summed E-state index contributed by atoms with van der Waals surface area (Å²) in [6, 6.07) is 0. The van der Waals surface area contributed by atoms with Crippen molar-refractivity contribution in [1.82, 2.24) is 15.8 Å². The molecule has 0 aromatic carbocycles. The normalized spacial score (nSPS) is 31.0. The van der Waals surface area contributed by atoms with Gasteiger partial charge in [0, 0.05) is 25.0 Å². The van der Waals surface area contributed by atoms with E-state index in [0.29, 0.717) is 12.4 Å². The first kappa shape index (κ1) is 15.6. The quantitative estimate of drug-likeness (QED) is 0.678. The van der Waals surface area contributed by atoms with Gasteiger partial charge in [-0.3, -0.25) is 19.8 Å². The lowest BCUT2D eigenvalue weighted by Crippen LogP contribution is -2.62. The molecule has 2 aliphatic rings. The molecule has 2 aliphatic heterocycles. The van der Waals surface area contributed by atoms with Crippen LogP contribution in [-0.4, -0.2) is 58.2 Å². The van der Waals surface area contributed by atoms with Crippen molar-refractivity contribution < 1.29 is 19.1 Å². The van der Waals surface area contributed by atoms with Crippen LogP contribution in [0.4, 0.5) is 0 Å². The average Bonchev–Trinajstić information content (AvgIpc) is 2.79. The van der Waals surface area contributed by atoms with E-state index < -0.39 is 11.8 Å². The molecule has 9 heteroatoms. The summed E-state index contributed by atoms with van der Waals surface area (Å²) < 4.78 is 5.63. The zero-order chi connectivity index (χ0) is 14.7. The molecule has 0 radical (unpaired) electrons. The van der Waals surface area contributed by atoms with Crippen LogP contribution < -0.4 is 10.7 Å². The minimum Gasteiger partial charge on any atom is -0.376 e. The highest BCUT2D eigenvalue weighted by atomic mass is 32.2. The Bertz CT molecular complexity index is 420. The second-order valence-electron chi connectivity index (χ2n) is 4.63. The fraction of sp³-hybridized carbons (Fsp3) is 0.727. The second kappa shape index (κ2) is 6.79. The van der Waals surface area contributed by atoms with Crippen LogP contribution in [0.15, 0.2) is 0 Å². The molecule has 0 aromatic heterocycles. The largest absolute Gasteiger partial charge is 0.376 e. The SMILES string of the molecule is CC(=O)S[C@H]1CO[C@H](CSC2NC(=O)C(=O)NN2C)C1. The fourth-order valence-corrected chi connectivity index (χ4v) is 4.02. The molecule has 2 amide bonds. The highest BCUT2D eigenvalue weighted by molar-refractivity contribution is 8.14. The smallest absolute Gasteiger partial charge is 0.323 e. The summed E-state index contributed by atoms with van der Waals surface area (Å²) in [5.74, 6) is -0.586. The molecule has 2 fully saturated rings. The van der Waals surface area contributed by atoms with E-state index in [-0.39, 0.29) is 22.0 Å². The van der Waals surface area contributed by atoms with Crippen LogP contribution in [0, 0.1) is 0 Å². The van der Waals surface area contributed by atoms with Gasteiger partial charge in [-0.2, -0.15) is 5.01 Å². The molecule has 2 saturated heterocycles. The number of carbonyl (C=O) groups excluding carboxylic acids is 3. The minimum absolute atomic E-state index is 0.0692. The van der Waals surface area contributed by atoms with E-state index in [1.54, 1.807) is 19.0 Å². The average molecular weight is 319 g/mol. The Morgan fingerprint density at radius 1 is 1.45 bits per heavy atom. The fourth-order valence-electron chi connectivity index (χ4n) is 2.00. The molecule has 0 saturated carbocycles. The van der Waals surface area contributed by atoms with Gasteiger partial charge in [0.2, 0.25) is 0 Å². The number of amides is 2. The van der Waals surface area contributed by atoms with E-state index in [0.717, 1.165) is 6.42 Å². The molecule has 112 valence electrons. The molecule has 1 unspecified atom stereocenters. The van der Waals surface area contributed by atoms with Crippen molar-refractivity contribution in [3.8, 4) is 0 Å². The van der Waals surface area contributed by atoms with Crippen molar-refractivity contribution in [3.05, 3.63) is 0 Å². The molecule has 0 aliphatic carbocycles. The van der Waals surface area contributed by atoms with Crippen molar-refractivity contribution in [2.75, 3.05) is 19.4 Å². The third-order valence-electron chi connectivity index (χ3n) is 2.91. The third kappa shape index (κ3) is 4.11. The molecule has 0 spiro atoms. The van der Waals surface area contributed by atoms with E-state index in [9.17, 15) is 14.4 Å². The number of hydrogen-bond acceptors (Lipinski definition) is 7. The third-order valence-corrected chi connectivity index (χ3v) is 5.21. The summed E-state index contributed by atoms with van der Waals surface area (Å²) in [6.07, 6.45) is 0.897. The number of nitrogens with one attached hydrogen (secondary N) is 2. The molecule has 0 aromatic rings. The van der Waals surface area contributed by atoms with Crippen molar-refractivity contribution in [1.29, 1.82) is 0 Å². The number of hydrogen-bond donors (Lipinski definition) is 2. The Kier molecular flexibility index (Phi) is 5.30. The summed E-state index contributed by atoms with van der Waals surface area (Å²) in [5, 5.41) is 4.49.